The molecule has 1 saturated heterocycles. The fourth-order valence-electron chi connectivity index (χ4n) is 2.79. The van der Waals surface area contributed by atoms with E-state index >= 15 is 0 Å². The predicted molar refractivity (Wildman–Crippen MR) is 103 cm³/mol. The molecule has 0 aliphatic carbocycles. The zero-order chi connectivity index (χ0) is 18.6. The molecule has 6 nitrogen and oxygen atoms in total. The monoisotopic (exact) mass is 391 g/mol. The molecule has 3 rings (SSSR count). The summed E-state index contributed by atoms with van der Waals surface area (Å²) in [6.45, 7) is 2.87. The Morgan fingerprint density at radius 3 is 2.62 bits per heavy atom. The minimum atomic E-state index is -3.57. The molecule has 26 heavy (non-hydrogen) atoms. The molecular weight excluding hydrogens is 370 g/mol. The van der Waals surface area contributed by atoms with Crippen LogP contribution in [0.4, 0.5) is 0 Å². The molecule has 0 atom stereocenters. The van der Waals surface area contributed by atoms with Gasteiger partial charge in [-0.1, -0.05) is 18.6 Å². The molecule has 0 radical (unpaired) electrons. The van der Waals surface area contributed by atoms with E-state index < -0.39 is 15.9 Å². The van der Waals surface area contributed by atoms with Gasteiger partial charge in [0.05, 0.1) is 10.6 Å². The Morgan fingerprint density at radius 2 is 1.92 bits per heavy atom. The molecular formula is C18H21N3O3S2. The highest BCUT2D eigenvalue weighted by Gasteiger charge is 2.26. The molecule has 1 aliphatic rings. The molecule has 2 heterocycles. The summed E-state index contributed by atoms with van der Waals surface area (Å²) in [5.74, 6) is -0.434. The van der Waals surface area contributed by atoms with Crippen LogP contribution in [0.2, 0.25) is 0 Å². The second kappa shape index (κ2) is 8.11. The number of nitrogens with one attached hydrogen (secondary N) is 1. The van der Waals surface area contributed by atoms with Gasteiger partial charge in [-0.05, 0) is 49.4 Å². The highest BCUT2D eigenvalue weighted by molar-refractivity contribution is 7.89. The minimum absolute atomic E-state index is 0.144. The summed E-state index contributed by atoms with van der Waals surface area (Å²) in [6.07, 6.45) is 2.79. The van der Waals surface area contributed by atoms with Gasteiger partial charge in [0.2, 0.25) is 10.0 Å². The van der Waals surface area contributed by atoms with E-state index in [0.29, 0.717) is 18.8 Å². The van der Waals surface area contributed by atoms with Crippen molar-refractivity contribution >= 4 is 33.0 Å². The van der Waals surface area contributed by atoms with Crippen LogP contribution in [-0.2, 0) is 10.0 Å². The van der Waals surface area contributed by atoms with Crippen molar-refractivity contribution < 1.29 is 13.2 Å². The molecule has 0 bridgehead atoms. The van der Waals surface area contributed by atoms with Gasteiger partial charge in [-0.15, -0.1) is 11.3 Å². The first-order valence-electron chi connectivity index (χ1n) is 8.47. The van der Waals surface area contributed by atoms with Crippen LogP contribution < -0.4 is 5.43 Å². The first-order valence-corrected chi connectivity index (χ1v) is 10.8. The van der Waals surface area contributed by atoms with Gasteiger partial charge in [0.25, 0.3) is 5.91 Å². The molecule has 2 aromatic rings. The third kappa shape index (κ3) is 4.20. The van der Waals surface area contributed by atoms with Crippen LogP contribution in [0.5, 0.6) is 0 Å². The predicted octanol–water partition coefficient (Wildman–Crippen LogP) is 3.08. The van der Waals surface area contributed by atoms with Gasteiger partial charge < -0.3 is 0 Å². The second-order valence-corrected chi connectivity index (χ2v) is 8.99. The van der Waals surface area contributed by atoms with E-state index in [0.717, 1.165) is 24.1 Å². The Kier molecular flexibility index (Phi) is 5.85. The topological polar surface area (TPSA) is 78.8 Å². The van der Waals surface area contributed by atoms with Crippen LogP contribution in [-0.4, -0.2) is 37.4 Å². The first kappa shape index (κ1) is 18.8. The molecule has 1 aromatic heterocycles. The van der Waals surface area contributed by atoms with Crippen LogP contribution >= 0.6 is 11.3 Å². The summed E-state index contributed by atoms with van der Waals surface area (Å²) < 4.78 is 27.0. The smallest absolute Gasteiger partial charge is 0.267 e. The quantitative estimate of drug-likeness (QED) is 0.628. The number of benzene rings is 1. The number of hydrazone groups is 1. The number of amides is 1. The Hall–Kier alpha value is -2.03. The maximum Gasteiger partial charge on any atom is 0.271 e. The maximum atomic E-state index is 12.8. The number of nitrogens with zero attached hydrogens (tertiary/aromatic N) is 2. The molecule has 1 aromatic carbocycles. The minimum Gasteiger partial charge on any atom is -0.267 e. The van der Waals surface area contributed by atoms with Gasteiger partial charge in [0.1, 0.15) is 0 Å². The number of piperidine rings is 1. The molecule has 8 heteroatoms. The number of thiophene rings is 1. The molecule has 1 amide bonds. The Morgan fingerprint density at radius 1 is 1.15 bits per heavy atom. The second-order valence-electron chi connectivity index (χ2n) is 6.11. The summed E-state index contributed by atoms with van der Waals surface area (Å²) >= 11 is 1.53. The van der Waals surface area contributed by atoms with E-state index in [1.807, 2.05) is 24.4 Å². The van der Waals surface area contributed by atoms with E-state index in [9.17, 15) is 13.2 Å². The fourth-order valence-corrected chi connectivity index (χ4v) is 5.03. The Balaban J connectivity index is 1.76. The Bertz CT molecular complexity index is 900. The van der Waals surface area contributed by atoms with Gasteiger partial charge in [-0.3, -0.25) is 4.79 Å². The van der Waals surface area contributed by atoms with Crippen molar-refractivity contribution in [2.45, 2.75) is 31.1 Å². The average molecular weight is 392 g/mol. The largest absolute Gasteiger partial charge is 0.271 e. The van der Waals surface area contributed by atoms with Gasteiger partial charge in [0, 0.05) is 23.5 Å². The van der Waals surface area contributed by atoms with Gasteiger partial charge in [-0.2, -0.15) is 9.41 Å². The SMILES string of the molecule is C/C(=N\NC(=O)c1cccc(S(=O)(=O)N2CCCCC2)c1)c1cccs1. The molecule has 0 spiro atoms. The normalized spacial score (nSPS) is 16.4. The average Bonchev–Trinajstić information content (AvgIpc) is 3.21. The molecule has 0 unspecified atom stereocenters. The number of hydrogen-bond donors (Lipinski definition) is 1. The summed E-state index contributed by atoms with van der Waals surface area (Å²) in [5, 5.41) is 6.03. The molecule has 1 N–H and O–H groups in total. The van der Waals surface area contributed by atoms with E-state index in [-0.39, 0.29) is 10.5 Å². The number of rotatable bonds is 5. The standard InChI is InChI=1S/C18H21N3O3S2/c1-14(17-9-6-12-25-17)19-20-18(22)15-7-5-8-16(13-15)26(23,24)21-10-3-2-4-11-21/h5-9,12-13H,2-4,10-11H2,1H3,(H,20,22)/b19-14+. The van der Waals surface area contributed by atoms with Crippen molar-refractivity contribution in [3.63, 3.8) is 0 Å². The highest BCUT2D eigenvalue weighted by atomic mass is 32.2. The van der Waals surface area contributed by atoms with E-state index in [2.05, 4.69) is 10.5 Å². The van der Waals surface area contributed by atoms with Crippen molar-refractivity contribution in [1.82, 2.24) is 9.73 Å². The lowest BCUT2D eigenvalue weighted by Crippen LogP contribution is -2.35. The third-order valence-corrected chi connectivity index (χ3v) is 7.13. The van der Waals surface area contributed by atoms with Crippen molar-refractivity contribution in [3.05, 3.63) is 52.2 Å². The van der Waals surface area contributed by atoms with E-state index in [1.165, 1.54) is 27.8 Å². The van der Waals surface area contributed by atoms with Gasteiger partial charge in [0.15, 0.2) is 0 Å². The lowest BCUT2D eigenvalue weighted by atomic mass is 10.2. The number of sulfonamides is 1. The fraction of sp³-hybridized carbons (Fsp3) is 0.333. The number of carbonyl (C=O) groups excluding carboxylic acids is 1. The molecule has 138 valence electrons. The summed E-state index contributed by atoms with van der Waals surface area (Å²) in [7, 11) is -3.57. The van der Waals surface area contributed by atoms with Crippen LogP contribution in [0.25, 0.3) is 0 Å². The summed E-state index contributed by atoms with van der Waals surface area (Å²) in [6, 6.07) is 9.94. The van der Waals surface area contributed by atoms with Crippen LogP contribution in [0.3, 0.4) is 0 Å². The van der Waals surface area contributed by atoms with E-state index in [1.54, 1.807) is 12.1 Å². The van der Waals surface area contributed by atoms with Crippen molar-refractivity contribution in [1.29, 1.82) is 0 Å². The van der Waals surface area contributed by atoms with Crippen LogP contribution in [0.15, 0.2) is 51.8 Å². The number of carbonyl (C=O) groups is 1. The van der Waals surface area contributed by atoms with Crippen molar-refractivity contribution in [3.8, 4) is 0 Å². The maximum absolute atomic E-state index is 12.8. The zero-order valence-corrected chi connectivity index (χ0v) is 16.1. The highest BCUT2D eigenvalue weighted by Crippen LogP contribution is 2.21. The van der Waals surface area contributed by atoms with Gasteiger partial charge >= 0.3 is 0 Å². The molecule has 1 fully saturated rings. The first-order chi connectivity index (χ1) is 12.5. The lowest BCUT2D eigenvalue weighted by molar-refractivity contribution is 0.0954. The summed E-state index contributed by atoms with van der Waals surface area (Å²) in [4.78, 5) is 13.5. The Labute approximate surface area is 157 Å². The van der Waals surface area contributed by atoms with Gasteiger partial charge in [-0.25, -0.2) is 13.8 Å². The van der Waals surface area contributed by atoms with Crippen molar-refractivity contribution in [2.24, 2.45) is 5.10 Å². The number of hydrogen-bond acceptors (Lipinski definition) is 5. The third-order valence-electron chi connectivity index (χ3n) is 4.25. The van der Waals surface area contributed by atoms with E-state index in [4.69, 9.17) is 0 Å². The van der Waals surface area contributed by atoms with Crippen LogP contribution in [0, 0.1) is 0 Å². The molecule has 1 aliphatic heterocycles. The zero-order valence-electron chi connectivity index (χ0n) is 14.5. The van der Waals surface area contributed by atoms with Crippen molar-refractivity contribution in [2.75, 3.05) is 13.1 Å². The summed E-state index contributed by atoms with van der Waals surface area (Å²) in [5.41, 5.74) is 3.46. The van der Waals surface area contributed by atoms with Crippen LogP contribution in [0.1, 0.15) is 41.4 Å². The lowest BCUT2D eigenvalue weighted by Gasteiger charge is -2.25. The molecule has 0 saturated carbocycles.